The van der Waals surface area contributed by atoms with Crippen molar-refractivity contribution in [1.29, 1.82) is 0 Å². The fourth-order valence-electron chi connectivity index (χ4n) is 9.67. The molecule has 0 fully saturated rings. The van der Waals surface area contributed by atoms with Gasteiger partial charge in [-0.1, -0.05) is 352 Å². The Morgan fingerprint density at radius 3 is 0.918 bits per heavy atom. The highest BCUT2D eigenvalue weighted by Gasteiger charge is 2.10. The van der Waals surface area contributed by atoms with E-state index in [0.717, 1.165) is 22.3 Å². The fraction of sp³-hybridized carbons (Fsp3) is 0.170. The average molecular weight is 1290 g/mol. The first-order valence-corrected chi connectivity index (χ1v) is 37.7. The first kappa shape index (κ1) is 77.5. The van der Waals surface area contributed by atoms with E-state index >= 15 is 0 Å². The van der Waals surface area contributed by atoms with Crippen LogP contribution in [0.25, 0.3) is 44.5 Å². The summed E-state index contributed by atoms with van der Waals surface area (Å²) in [6.07, 6.45) is 0. The second-order valence-electron chi connectivity index (χ2n) is 25.9. The molecule has 0 aliphatic heterocycles. The van der Waals surface area contributed by atoms with E-state index in [9.17, 15) is 4.39 Å². The van der Waals surface area contributed by atoms with Gasteiger partial charge in [0, 0.05) is 26.5 Å². The molecule has 0 heterocycles. The molecule has 0 aliphatic carbocycles. The van der Waals surface area contributed by atoms with Crippen molar-refractivity contribution in [2.24, 2.45) is 0 Å². The van der Waals surface area contributed by atoms with E-state index in [-0.39, 0.29) is 5.82 Å². The van der Waals surface area contributed by atoms with Crippen molar-refractivity contribution in [2.75, 3.05) is 11.9 Å². The van der Waals surface area contributed by atoms with Crippen molar-refractivity contribution in [3.63, 3.8) is 0 Å². The van der Waals surface area contributed by atoms with E-state index in [1.165, 1.54) is 89.3 Å². The summed E-state index contributed by atoms with van der Waals surface area (Å²) in [5.74, 6) is -0.162. The number of hydrogen-bond donors (Lipinski definition) is 0. The third-order valence-corrected chi connectivity index (χ3v) is 15.6. The molecule has 0 unspecified atom stereocenters. The Kier molecular flexibility index (Phi) is 33.8. The van der Waals surface area contributed by atoms with Gasteiger partial charge in [0.15, 0.2) is 0 Å². The lowest BCUT2D eigenvalue weighted by Gasteiger charge is -2.18. The number of hydrogen-bond acceptors (Lipinski definition) is 1. The van der Waals surface area contributed by atoms with Crippen LogP contribution >= 0.6 is 0 Å². The molecule has 13 aromatic carbocycles. The predicted octanol–water partition coefficient (Wildman–Crippen LogP) is 27.4. The monoisotopic (exact) mass is 1290 g/mol. The molecule has 13 rings (SSSR count). The van der Waals surface area contributed by atoms with Crippen LogP contribution in [0.1, 0.15) is 61.2 Å². The van der Waals surface area contributed by atoms with Crippen LogP contribution in [0, 0.1) is 82.0 Å². The second kappa shape index (κ2) is 42.3. The lowest BCUT2D eigenvalue weighted by Crippen LogP contribution is -2.10. The van der Waals surface area contributed by atoms with Crippen LogP contribution in [-0.4, -0.2) is 15.1 Å². The SMILES string of the molecule is CN(c1ccccc1)c1ccccc1.C[Si](C)(C)C.Cc1c(F)cc(-c2ccccc2)cc1-c1ccccc1.Cc1ccc(C)c(C)c1.Cc1cccc(-c2ccccc2)c1.Cc1cccc(C)c1C.Cc1ccccc1.Cc1ccccc1.Cc1ccccc1-c1ccccc1. The van der Waals surface area contributed by atoms with Crippen molar-refractivity contribution in [2.45, 2.75) is 102 Å². The van der Waals surface area contributed by atoms with Crippen molar-refractivity contribution in [3.8, 4) is 44.5 Å². The molecule has 0 saturated carbocycles. The molecular weight excluding hydrogens is 1190 g/mol. The van der Waals surface area contributed by atoms with E-state index in [1.54, 1.807) is 6.07 Å². The highest BCUT2D eigenvalue weighted by atomic mass is 28.3. The summed E-state index contributed by atoms with van der Waals surface area (Å²) < 4.78 is 14.2. The molecule has 0 bridgehead atoms. The van der Waals surface area contributed by atoms with Crippen LogP contribution in [0.15, 0.2) is 340 Å². The Morgan fingerprint density at radius 2 is 0.546 bits per heavy atom. The van der Waals surface area contributed by atoms with Crippen LogP contribution in [0.3, 0.4) is 0 Å². The van der Waals surface area contributed by atoms with Gasteiger partial charge >= 0.3 is 0 Å². The van der Waals surface area contributed by atoms with Crippen LogP contribution in [0.4, 0.5) is 15.8 Å². The molecule has 0 amide bonds. The number of rotatable bonds is 6. The Morgan fingerprint density at radius 1 is 0.227 bits per heavy atom. The lowest BCUT2D eigenvalue weighted by molar-refractivity contribution is 0.619. The molecule has 3 heteroatoms. The predicted molar refractivity (Wildman–Crippen MR) is 429 cm³/mol. The maximum absolute atomic E-state index is 14.2. The van der Waals surface area contributed by atoms with E-state index < -0.39 is 8.07 Å². The molecule has 0 spiro atoms. The molecular formula is C94H104FNSi. The van der Waals surface area contributed by atoms with E-state index in [2.05, 4.69) is 320 Å². The van der Waals surface area contributed by atoms with Crippen LogP contribution in [-0.2, 0) is 0 Å². The molecule has 0 aromatic heterocycles. The molecule has 0 N–H and O–H groups in total. The van der Waals surface area contributed by atoms with Crippen LogP contribution in [0.2, 0.25) is 26.2 Å². The minimum atomic E-state index is -0.611. The molecule has 0 radical (unpaired) electrons. The van der Waals surface area contributed by atoms with E-state index in [0.29, 0.717) is 5.56 Å². The zero-order valence-electron chi connectivity index (χ0n) is 60.7. The van der Waals surface area contributed by atoms with E-state index in [1.807, 2.05) is 128 Å². The highest BCUT2D eigenvalue weighted by molar-refractivity contribution is 6.74. The standard InChI is InChI=1S/C19H15F.C13H13N.2C13H12.2C9H12.2C7H8.C4H12Si/c1-14-18(16-10-6-3-7-11-16)12-17(13-19(14)20)15-8-4-2-5-9-15;1-14(12-8-4-2-5-9-12)13-10-6-3-7-11-13;1-11-7-5-6-10-13(11)12-8-3-2-4-9-12;1-11-6-5-9-13(10-11)12-7-3-2-4-8-12;1-7-4-5-8(2)9(3)6-7;1-7-5-4-6-8(2)9(7)3;2*1-7-5-3-2-4-6-7;1-5(2,3)4/h2-13H,1H3;2-11H,1H3;2*2-10H,1H3;2*4-6H,1-3H3;2*2-6H,1H3;1-4H3. The number of nitrogens with zero attached hydrogens (tertiary/aromatic N) is 1. The summed E-state index contributed by atoms with van der Waals surface area (Å²) >= 11 is 0. The molecule has 496 valence electrons. The van der Waals surface area contributed by atoms with Gasteiger partial charge in [0.25, 0.3) is 0 Å². The quantitative estimate of drug-likeness (QED) is 0.150. The van der Waals surface area contributed by atoms with Gasteiger partial charge in [-0.25, -0.2) is 4.39 Å². The third-order valence-electron chi connectivity index (χ3n) is 15.6. The molecule has 0 saturated heterocycles. The van der Waals surface area contributed by atoms with Crippen LogP contribution in [0.5, 0.6) is 0 Å². The van der Waals surface area contributed by atoms with Crippen molar-refractivity contribution >= 4 is 19.4 Å². The van der Waals surface area contributed by atoms with Gasteiger partial charge in [-0.15, -0.1) is 0 Å². The number of halogens is 1. The second-order valence-corrected chi connectivity index (χ2v) is 31.9. The topological polar surface area (TPSA) is 3.24 Å². The Balaban J connectivity index is 0.000000203. The van der Waals surface area contributed by atoms with E-state index in [4.69, 9.17) is 0 Å². The van der Waals surface area contributed by atoms with Gasteiger partial charge in [-0.3, -0.25) is 0 Å². The number of para-hydroxylation sites is 2. The molecule has 97 heavy (non-hydrogen) atoms. The molecule has 0 aliphatic rings. The normalized spacial score (nSPS) is 9.91. The maximum Gasteiger partial charge on any atom is 0.127 e. The first-order chi connectivity index (χ1) is 46.6. The highest BCUT2D eigenvalue weighted by Crippen LogP contribution is 2.32. The van der Waals surface area contributed by atoms with Crippen molar-refractivity contribution in [1.82, 2.24) is 0 Å². The van der Waals surface area contributed by atoms with Gasteiger partial charge in [0.2, 0.25) is 0 Å². The largest absolute Gasteiger partial charge is 0.345 e. The lowest BCUT2D eigenvalue weighted by atomic mass is 9.95. The van der Waals surface area contributed by atoms with Gasteiger partial charge < -0.3 is 4.90 Å². The summed E-state index contributed by atoms with van der Waals surface area (Å²) in [7, 11) is 1.46. The zero-order chi connectivity index (χ0) is 70.4. The Labute approximate surface area is 585 Å². The molecule has 0 atom stereocenters. The molecule has 1 nitrogen and oxygen atoms in total. The number of benzene rings is 13. The van der Waals surface area contributed by atoms with Gasteiger partial charge in [0.1, 0.15) is 5.82 Å². The smallest absolute Gasteiger partial charge is 0.127 e. The summed E-state index contributed by atoms with van der Waals surface area (Å²) in [5.41, 5.74) is 25.8. The average Bonchev–Trinajstić information content (AvgIpc) is 1.03. The summed E-state index contributed by atoms with van der Waals surface area (Å²) in [6, 6.07) is 115. The van der Waals surface area contributed by atoms with Crippen molar-refractivity contribution < 1.29 is 4.39 Å². The minimum Gasteiger partial charge on any atom is -0.345 e. The Hall–Kier alpha value is -10.2. The van der Waals surface area contributed by atoms with Gasteiger partial charge in [-0.2, -0.15) is 0 Å². The Bertz CT molecular complexity index is 4140. The number of aryl methyl sites for hydroxylation is 9. The summed E-state index contributed by atoms with van der Waals surface area (Å²) in [6.45, 7) is 32.4. The summed E-state index contributed by atoms with van der Waals surface area (Å²) in [5, 5.41) is 0. The zero-order valence-corrected chi connectivity index (χ0v) is 61.7. The fourth-order valence-corrected chi connectivity index (χ4v) is 9.67. The minimum absolute atomic E-state index is 0.162. The number of anilines is 2. The van der Waals surface area contributed by atoms with Gasteiger partial charge in [-0.05, 0) is 196 Å². The van der Waals surface area contributed by atoms with Crippen molar-refractivity contribution in [3.05, 3.63) is 407 Å². The molecule has 13 aromatic rings. The first-order valence-electron chi connectivity index (χ1n) is 33.7. The third kappa shape index (κ3) is 30.0. The maximum atomic E-state index is 14.2. The summed E-state index contributed by atoms with van der Waals surface area (Å²) in [4.78, 5) is 2.17. The van der Waals surface area contributed by atoms with Gasteiger partial charge in [0.05, 0.1) is 0 Å². The van der Waals surface area contributed by atoms with Crippen LogP contribution < -0.4 is 4.90 Å².